The first-order valence-corrected chi connectivity index (χ1v) is 13.2. The summed E-state index contributed by atoms with van der Waals surface area (Å²) in [4.78, 5) is 13.4. The van der Waals surface area contributed by atoms with Crippen LogP contribution in [-0.4, -0.2) is 34.1 Å². The average Bonchev–Trinajstić information content (AvgIpc) is 3.14. The molecule has 0 unspecified atom stereocenters. The van der Waals surface area contributed by atoms with Gasteiger partial charge in [0.2, 0.25) is 0 Å². The third kappa shape index (κ3) is 4.60. The molecule has 3 aromatic carbocycles. The van der Waals surface area contributed by atoms with E-state index < -0.39 is 15.5 Å². The minimum Gasteiger partial charge on any atom is -0.244 e. The molecule has 0 amide bonds. The van der Waals surface area contributed by atoms with Gasteiger partial charge in [-0.3, -0.25) is 0 Å². The van der Waals surface area contributed by atoms with Crippen LogP contribution in [0.25, 0.3) is 27.9 Å². The molecule has 0 aliphatic heterocycles. The van der Waals surface area contributed by atoms with E-state index >= 15 is 0 Å². The second-order valence-corrected chi connectivity index (χ2v) is 10.9. The predicted octanol–water partition coefficient (Wildman–Crippen LogP) is 4.98. The number of hydrogen-bond acceptors (Lipinski definition) is 5. The molecule has 0 radical (unpaired) electrons. The Hall–Kier alpha value is -3.46. The van der Waals surface area contributed by atoms with Crippen molar-refractivity contribution in [3.05, 3.63) is 105 Å². The molecule has 0 bridgehead atoms. The molecule has 10 heteroatoms. The lowest BCUT2D eigenvalue weighted by Crippen LogP contribution is -2.23. The van der Waals surface area contributed by atoms with Crippen molar-refractivity contribution < 1.29 is 8.42 Å². The summed E-state index contributed by atoms with van der Waals surface area (Å²) in [6, 6.07) is 21.0. The molecule has 0 fully saturated rings. The zero-order chi connectivity index (χ0) is 24.7. The monoisotopic (exact) mass is 524 g/mol. The minimum absolute atomic E-state index is 0.155. The Kier molecular flexibility index (Phi) is 5.96. The molecule has 0 atom stereocenters. The fraction of sp³-hybridized carbons (Fsp3) is 0.0800. The van der Waals surface area contributed by atoms with Gasteiger partial charge in [-0.25, -0.2) is 17.9 Å². The molecule has 2 heterocycles. The van der Waals surface area contributed by atoms with Gasteiger partial charge >= 0.3 is 5.69 Å². The number of fused-ring (bicyclic) bond motifs is 1. The second-order valence-electron chi connectivity index (χ2n) is 8.04. The standard InChI is InChI=1S/C25H18Cl2N4O3S/c1-35(33,34)21-12-2-16(3-13-21)15-30-25(32)31-24(29-30)23(18-6-10-20(27)11-7-18)22(14-28-31)17-4-8-19(26)9-5-17/h2-14H,15H2,1H3. The van der Waals surface area contributed by atoms with Gasteiger partial charge < -0.3 is 0 Å². The normalized spacial score (nSPS) is 11.7. The fourth-order valence-electron chi connectivity index (χ4n) is 3.83. The maximum atomic E-state index is 13.2. The van der Waals surface area contributed by atoms with E-state index in [1.54, 1.807) is 42.6 Å². The zero-order valence-corrected chi connectivity index (χ0v) is 20.7. The van der Waals surface area contributed by atoms with Crippen LogP contribution in [0.5, 0.6) is 0 Å². The van der Waals surface area contributed by atoms with Crippen LogP contribution in [-0.2, 0) is 16.4 Å². The van der Waals surface area contributed by atoms with E-state index in [0.29, 0.717) is 15.7 Å². The third-order valence-electron chi connectivity index (χ3n) is 5.59. The molecule has 5 rings (SSSR count). The summed E-state index contributed by atoms with van der Waals surface area (Å²) in [5, 5.41) is 10.2. The van der Waals surface area contributed by atoms with Crippen molar-refractivity contribution in [2.45, 2.75) is 11.4 Å². The van der Waals surface area contributed by atoms with E-state index in [2.05, 4.69) is 10.2 Å². The van der Waals surface area contributed by atoms with Crippen molar-refractivity contribution in [2.24, 2.45) is 0 Å². The highest BCUT2D eigenvalue weighted by Gasteiger charge is 2.19. The van der Waals surface area contributed by atoms with Gasteiger partial charge in [0.15, 0.2) is 15.5 Å². The van der Waals surface area contributed by atoms with Crippen LogP contribution in [0.4, 0.5) is 0 Å². The molecule has 0 saturated heterocycles. The van der Waals surface area contributed by atoms with Crippen LogP contribution in [0.1, 0.15) is 5.56 Å². The van der Waals surface area contributed by atoms with Crippen LogP contribution in [0.3, 0.4) is 0 Å². The Labute approximate surface area is 211 Å². The smallest absolute Gasteiger partial charge is 0.244 e. The van der Waals surface area contributed by atoms with Gasteiger partial charge in [0, 0.05) is 27.4 Å². The Balaban J connectivity index is 1.67. The summed E-state index contributed by atoms with van der Waals surface area (Å²) in [5.74, 6) is 0. The SMILES string of the molecule is CS(=O)(=O)c1ccc(Cn2nc3c(-c4ccc(Cl)cc4)c(-c4ccc(Cl)cc4)cnn3c2=O)cc1. The zero-order valence-electron chi connectivity index (χ0n) is 18.4. The lowest BCUT2D eigenvalue weighted by molar-refractivity contribution is 0.601. The van der Waals surface area contributed by atoms with Crippen molar-refractivity contribution in [3.8, 4) is 22.3 Å². The van der Waals surface area contributed by atoms with E-state index in [1.807, 2.05) is 24.3 Å². The fourth-order valence-corrected chi connectivity index (χ4v) is 4.71. The lowest BCUT2D eigenvalue weighted by atomic mass is 9.97. The Bertz CT molecular complexity index is 1710. The van der Waals surface area contributed by atoms with E-state index in [4.69, 9.17) is 23.2 Å². The van der Waals surface area contributed by atoms with Crippen molar-refractivity contribution in [1.29, 1.82) is 0 Å². The number of hydrogen-bond donors (Lipinski definition) is 0. The molecule has 0 aliphatic rings. The third-order valence-corrected chi connectivity index (χ3v) is 7.22. The van der Waals surface area contributed by atoms with E-state index in [-0.39, 0.29) is 11.4 Å². The van der Waals surface area contributed by atoms with E-state index in [1.165, 1.54) is 21.3 Å². The number of nitrogens with zero attached hydrogens (tertiary/aromatic N) is 4. The Morgan fingerprint density at radius 1 is 0.829 bits per heavy atom. The number of aromatic nitrogens is 4. The molecular weight excluding hydrogens is 507 g/mol. The van der Waals surface area contributed by atoms with Crippen molar-refractivity contribution in [3.63, 3.8) is 0 Å². The number of rotatable bonds is 5. The molecule has 35 heavy (non-hydrogen) atoms. The largest absolute Gasteiger partial charge is 0.367 e. The lowest BCUT2D eigenvalue weighted by Gasteiger charge is -2.11. The highest BCUT2D eigenvalue weighted by molar-refractivity contribution is 7.90. The highest BCUT2D eigenvalue weighted by atomic mass is 35.5. The average molecular weight is 525 g/mol. The number of halogens is 2. The van der Waals surface area contributed by atoms with Gasteiger partial charge in [-0.2, -0.15) is 9.61 Å². The molecule has 5 aromatic rings. The van der Waals surface area contributed by atoms with Crippen LogP contribution in [0, 0.1) is 0 Å². The number of sulfone groups is 1. The van der Waals surface area contributed by atoms with Gasteiger partial charge in [0.05, 0.1) is 17.6 Å². The number of benzene rings is 3. The Morgan fingerprint density at radius 3 is 1.97 bits per heavy atom. The quantitative estimate of drug-likeness (QED) is 0.323. The van der Waals surface area contributed by atoms with Crippen LogP contribution < -0.4 is 5.69 Å². The molecule has 176 valence electrons. The van der Waals surface area contributed by atoms with Crippen molar-refractivity contribution in [2.75, 3.05) is 6.26 Å². The summed E-state index contributed by atoms with van der Waals surface area (Å²) in [6.07, 6.45) is 2.78. The summed E-state index contributed by atoms with van der Waals surface area (Å²) in [7, 11) is -3.31. The maximum absolute atomic E-state index is 13.2. The highest BCUT2D eigenvalue weighted by Crippen LogP contribution is 2.35. The van der Waals surface area contributed by atoms with E-state index in [9.17, 15) is 13.2 Å². The van der Waals surface area contributed by atoms with Crippen LogP contribution >= 0.6 is 23.2 Å². The first-order chi connectivity index (χ1) is 16.7. The molecule has 0 saturated carbocycles. The van der Waals surface area contributed by atoms with Gasteiger partial charge in [0.25, 0.3) is 0 Å². The Morgan fingerprint density at radius 2 is 1.40 bits per heavy atom. The van der Waals surface area contributed by atoms with Gasteiger partial charge in [0.1, 0.15) is 0 Å². The summed E-state index contributed by atoms with van der Waals surface area (Å²) >= 11 is 12.2. The van der Waals surface area contributed by atoms with Crippen LogP contribution in [0.2, 0.25) is 10.0 Å². The molecule has 2 aromatic heterocycles. The van der Waals surface area contributed by atoms with Gasteiger partial charge in [-0.15, -0.1) is 5.10 Å². The molecule has 7 nitrogen and oxygen atoms in total. The molecule has 0 aliphatic carbocycles. The van der Waals surface area contributed by atoms with Gasteiger partial charge in [-0.05, 0) is 53.1 Å². The first kappa shape index (κ1) is 23.3. The predicted molar refractivity (Wildman–Crippen MR) is 137 cm³/mol. The van der Waals surface area contributed by atoms with E-state index in [0.717, 1.165) is 34.1 Å². The van der Waals surface area contributed by atoms with Crippen molar-refractivity contribution in [1.82, 2.24) is 19.4 Å². The topological polar surface area (TPSA) is 86.3 Å². The summed E-state index contributed by atoms with van der Waals surface area (Å²) in [5.41, 5.74) is 3.90. The first-order valence-electron chi connectivity index (χ1n) is 10.5. The maximum Gasteiger partial charge on any atom is 0.367 e. The molecule has 0 N–H and O–H groups in total. The summed E-state index contributed by atoms with van der Waals surface area (Å²) in [6.45, 7) is 0.155. The molecule has 0 spiro atoms. The summed E-state index contributed by atoms with van der Waals surface area (Å²) < 4.78 is 26.0. The van der Waals surface area contributed by atoms with Crippen LogP contribution in [0.15, 0.2) is 88.7 Å². The second kappa shape index (κ2) is 8.96. The van der Waals surface area contributed by atoms with Crippen molar-refractivity contribution >= 4 is 38.7 Å². The minimum atomic E-state index is -3.31. The van der Waals surface area contributed by atoms with Gasteiger partial charge in [-0.1, -0.05) is 59.6 Å². The molecular formula is C25H18Cl2N4O3S.